The molecule has 3 nitrogen and oxygen atoms in total. The van der Waals surface area contributed by atoms with Crippen LogP contribution in [0, 0.1) is 0 Å². The summed E-state index contributed by atoms with van der Waals surface area (Å²) in [5.41, 5.74) is 5.29. The molecule has 10 heavy (non-hydrogen) atoms. The van der Waals surface area contributed by atoms with Crippen LogP contribution in [-0.2, 0) is 6.54 Å². The number of nitrogens with two attached hydrogens (primary N) is 1. The van der Waals surface area contributed by atoms with E-state index in [-0.39, 0.29) is 0 Å². The molecule has 0 aliphatic rings. The molecule has 1 heterocycles. The van der Waals surface area contributed by atoms with Gasteiger partial charge in [0.1, 0.15) is 0 Å². The Morgan fingerprint density at radius 1 is 1.90 bits per heavy atom. The number of hydrogen-bond acceptors (Lipinski definition) is 2. The average molecular weight is 220 g/mol. The largest absolute Gasteiger partial charge is 0.392 e. The molecule has 0 amide bonds. The van der Waals surface area contributed by atoms with Gasteiger partial charge in [-0.3, -0.25) is 4.68 Å². The molecule has 0 aromatic carbocycles. The molecule has 1 aromatic heterocycles. The highest BCUT2D eigenvalue weighted by Gasteiger charge is 1.94. The molecule has 0 fully saturated rings. The Balaban J connectivity index is 2.67. The first kappa shape index (κ1) is 7.68. The van der Waals surface area contributed by atoms with E-state index >= 15 is 0 Å². The molecule has 0 aliphatic carbocycles. The van der Waals surface area contributed by atoms with Crippen molar-refractivity contribution in [3.8, 4) is 0 Å². The van der Waals surface area contributed by atoms with Crippen LogP contribution in [0.15, 0.2) is 16.9 Å². The number of hydrogen-bond donors (Lipinski definition) is 1. The van der Waals surface area contributed by atoms with Gasteiger partial charge in [-0.1, -0.05) is 12.2 Å². The molecule has 0 saturated carbocycles. The lowest BCUT2D eigenvalue weighted by Gasteiger charge is -1.95. The lowest BCUT2D eigenvalue weighted by molar-refractivity contribution is 0.726. The molecule has 0 bridgehead atoms. The van der Waals surface area contributed by atoms with E-state index in [9.17, 15) is 0 Å². The third-order valence-corrected chi connectivity index (χ3v) is 1.46. The molecule has 5 heteroatoms. The fourth-order valence-electron chi connectivity index (χ4n) is 0.584. The van der Waals surface area contributed by atoms with Crippen molar-refractivity contribution >= 4 is 33.1 Å². The van der Waals surface area contributed by atoms with Gasteiger partial charge in [0.15, 0.2) is 0 Å². The van der Waals surface area contributed by atoms with Gasteiger partial charge in [0, 0.05) is 6.20 Å². The number of halogens is 1. The Morgan fingerprint density at radius 3 is 3.00 bits per heavy atom. The molecule has 0 aliphatic heterocycles. The maximum Gasteiger partial charge on any atom is 0.0945 e. The van der Waals surface area contributed by atoms with Crippen molar-refractivity contribution in [2.45, 2.75) is 6.54 Å². The molecule has 0 atom stereocenters. The van der Waals surface area contributed by atoms with Crippen molar-refractivity contribution in [1.29, 1.82) is 0 Å². The predicted molar refractivity (Wildman–Crippen MR) is 46.7 cm³/mol. The normalized spacial score (nSPS) is 9.70. The van der Waals surface area contributed by atoms with Gasteiger partial charge in [-0.15, -0.1) is 0 Å². The van der Waals surface area contributed by atoms with Crippen molar-refractivity contribution < 1.29 is 0 Å². The topological polar surface area (TPSA) is 43.8 Å². The monoisotopic (exact) mass is 219 g/mol. The minimum absolute atomic E-state index is 0.440. The van der Waals surface area contributed by atoms with Gasteiger partial charge in [0.2, 0.25) is 0 Å². The summed E-state index contributed by atoms with van der Waals surface area (Å²) in [7, 11) is 0. The van der Waals surface area contributed by atoms with Crippen LogP contribution in [0.25, 0.3) is 0 Å². The van der Waals surface area contributed by atoms with Gasteiger partial charge in [-0.2, -0.15) is 5.10 Å². The SMILES string of the molecule is NC(=S)Cn1cc(Br)cn1. The van der Waals surface area contributed by atoms with Crippen LogP contribution >= 0.6 is 28.1 Å². The highest BCUT2D eigenvalue weighted by molar-refractivity contribution is 9.10. The van der Waals surface area contributed by atoms with Crippen molar-refractivity contribution in [2.24, 2.45) is 5.73 Å². The summed E-state index contributed by atoms with van der Waals surface area (Å²) in [5, 5.41) is 3.96. The second kappa shape index (κ2) is 3.12. The number of aromatic nitrogens is 2. The molecular formula is C5H6BrN3S. The quantitative estimate of drug-likeness (QED) is 0.754. The number of nitrogens with zero attached hydrogens (tertiary/aromatic N) is 2. The molecular weight excluding hydrogens is 214 g/mol. The fraction of sp³-hybridized carbons (Fsp3) is 0.200. The zero-order valence-electron chi connectivity index (χ0n) is 5.12. The van der Waals surface area contributed by atoms with Gasteiger partial charge in [0.05, 0.1) is 22.2 Å². The molecule has 54 valence electrons. The second-order valence-electron chi connectivity index (χ2n) is 1.82. The molecule has 1 aromatic rings. The van der Waals surface area contributed by atoms with Gasteiger partial charge in [-0.05, 0) is 15.9 Å². The minimum Gasteiger partial charge on any atom is -0.392 e. The maximum atomic E-state index is 5.29. The van der Waals surface area contributed by atoms with Crippen LogP contribution in [0.3, 0.4) is 0 Å². The van der Waals surface area contributed by atoms with E-state index in [1.165, 1.54) is 0 Å². The van der Waals surface area contributed by atoms with Crippen LogP contribution in [0.5, 0.6) is 0 Å². The van der Waals surface area contributed by atoms with Crippen LogP contribution in [0.2, 0.25) is 0 Å². The first-order valence-electron chi connectivity index (χ1n) is 2.65. The number of thiocarbonyl (C=S) groups is 1. The summed E-state index contributed by atoms with van der Waals surface area (Å²) in [6.45, 7) is 0.501. The summed E-state index contributed by atoms with van der Waals surface area (Å²) in [6, 6.07) is 0. The summed E-state index contributed by atoms with van der Waals surface area (Å²) >= 11 is 7.94. The zero-order valence-corrected chi connectivity index (χ0v) is 7.52. The third-order valence-electron chi connectivity index (χ3n) is 0.920. The Morgan fingerprint density at radius 2 is 2.60 bits per heavy atom. The Labute approximate surface area is 72.3 Å². The van der Waals surface area contributed by atoms with Crippen LogP contribution in [-0.4, -0.2) is 14.8 Å². The van der Waals surface area contributed by atoms with E-state index in [0.717, 1.165) is 4.47 Å². The minimum atomic E-state index is 0.440. The van der Waals surface area contributed by atoms with E-state index in [2.05, 4.69) is 33.2 Å². The Bertz CT molecular complexity index is 245. The second-order valence-corrected chi connectivity index (χ2v) is 3.26. The molecule has 0 spiro atoms. The van der Waals surface area contributed by atoms with Gasteiger partial charge in [-0.25, -0.2) is 0 Å². The molecule has 2 N–H and O–H groups in total. The number of rotatable bonds is 2. The third kappa shape index (κ3) is 2.07. The summed E-state index contributed by atoms with van der Waals surface area (Å²) in [4.78, 5) is 0.440. The molecule has 0 radical (unpaired) electrons. The highest BCUT2D eigenvalue weighted by atomic mass is 79.9. The molecule has 1 rings (SSSR count). The predicted octanol–water partition coefficient (Wildman–Crippen LogP) is 0.932. The Hall–Kier alpha value is -0.420. The van der Waals surface area contributed by atoms with E-state index in [4.69, 9.17) is 5.73 Å². The zero-order chi connectivity index (χ0) is 7.56. The van der Waals surface area contributed by atoms with Crippen molar-refractivity contribution in [1.82, 2.24) is 9.78 Å². The smallest absolute Gasteiger partial charge is 0.0945 e. The standard InChI is InChI=1S/C5H6BrN3S/c6-4-1-8-9(2-4)3-5(7)10/h1-2H,3H2,(H2,7,10). The van der Waals surface area contributed by atoms with Crippen LogP contribution < -0.4 is 5.73 Å². The first-order valence-corrected chi connectivity index (χ1v) is 3.85. The average Bonchev–Trinajstić information content (AvgIpc) is 2.13. The first-order chi connectivity index (χ1) is 4.68. The molecule has 0 unspecified atom stereocenters. The lowest BCUT2D eigenvalue weighted by atomic mass is 10.6. The fourth-order valence-corrected chi connectivity index (χ4v) is 1.04. The summed E-state index contributed by atoms with van der Waals surface area (Å²) in [5.74, 6) is 0. The van der Waals surface area contributed by atoms with E-state index < -0.39 is 0 Å². The van der Waals surface area contributed by atoms with Crippen molar-refractivity contribution in [3.05, 3.63) is 16.9 Å². The van der Waals surface area contributed by atoms with Crippen LogP contribution in [0.1, 0.15) is 0 Å². The van der Waals surface area contributed by atoms with E-state index in [0.29, 0.717) is 11.5 Å². The van der Waals surface area contributed by atoms with Gasteiger partial charge < -0.3 is 5.73 Å². The highest BCUT2D eigenvalue weighted by Crippen LogP contribution is 2.05. The lowest BCUT2D eigenvalue weighted by Crippen LogP contribution is -2.16. The summed E-state index contributed by atoms with van der Waals surface area (Å²) < 4.78 is 2.61. The van der Waals surface area contributed by atoms with Gasteiger partial charge >= 0.3 is 0 Å². The van der Waals surface area contributed by atoms with Gasteiger partial charge in [0.25, 0.3) is 0 Å². The van der Waals surface area contributed by atoms with Crippen molar-refractivity contribution in [3.63, 3.8) is 0 Å². The Kier molecular flexibility index (Phi) is 2.39. The maximum absolute atomic E-state index is 5.29. The van der Waals surface area contributed by atoms with E-state index in [1.807, 2.05) is 6.20 Å². The summed E-state index contributed by atoms with van der Waals surface area (Å²) in [6.07, 6.45) is 3.51. The van der Waals surface area contributed by atoms with Crippen molar-refractivity contribution in [2.75, 3.05) is 0 Å². The van der Waals surface area contributed by atoms with Crippen LogP contribution in [0.4, 0.5) is 0 Å². The molecule has 0 saturated heterocycles. The van der Waals surface area contributed by atoms with E-state index in [1.54, 1.807) is 10.9 Å².